The first kappa shape index (κ1) is 29.6. The monoisotopic (exact) mass is 675 g/mol. The summed E-state index contributed by atoms with van der Waals surface area (Å²) in [7, 11) is 0. The lowest BCUT2D eigenvalue weighted by Crippen LogP contribution is -2.44. The lowest BCUT2D eigenvalue weighted by Gasteiger charge is -2.29. The highest BCUT2D eigenvalue weighted by Gasteiger charge is 2.36. The summed E-state index contributed by atoms with van der Waals surface area (Å²) in [6.07, 6.45) is -1.93. The van der Waals surface area contributed by atoms with Crippen LogP contribution in [0.15, 0.2) is 41.0 Å². The van der Waals surface area contributed by atoms with Crippen LogP contribution in [0.25, 0.3) is 0 Å². The maximum Gasteiger partial charge on any atom is 0.425 e. The second kappa shape index (κ2) is 13.4. The van der Waals surface area contributed by atoms with E-state index in [1.54, 1.807) is 47.6 Å². The van der Waals surface area contributed by atoms with Crippen LogP contribution in [0, 0.1) is 17.1 Å². The van der Waals surface area contributed by atoms with Crippen LogP contribution in [0.5, 0.6) is 5.75 Å². The van der Waals surface area contributed by atoms with Gasteiger partial charge < -0.3 is 19.5 Å². The number of nitriles is 1. The van der Waals surface area contributed by atoms with E-state index in [-0.39, 0.29) is 40.6 Å². The Bertz CT molecular complexity index is 1680. The number of aryl methyl sites for hydroxylation is 1. The van der Waals surface area contributed by atoms with Gasteiger partial charge in [-0.15, -0.1) is 0 Å². The summed E-state index contributed by atoms with van der Waals surface area (Å²) < 4.78 is 55.1. The number of amides is 3. The number of imide groups is 1. The highest BCUT2D eigenvalue weighted by atomic mass is 79.9. The number of rotatable bonds is 7. The van der Waals surface area contributed by atoms with E-state index in [4.69, 9.17) is 18.3 Å². The minimum absolute atomic E-state index is 0.00434. The van der Waals surface area contributed by atoms with E-state index >= 15 is 0 Å². The van der Waals surface area contributed by atoms with Gasteiger partial charge in [-0.2, -0.15) is 15.3 Å². The van der Waals surface area contributed by atoms with Gasteiger partial charge in [0.2, 0.25) is 0 Å². The number of hydrogen-bond acceptors (Lipinski definition) is 9. The number of hydrogen-bond donors (Lipinski definition) is 1. The number of pyridine rings is 1. The first-order valence-corrected chi connectivity index (χ1v) is 14.0. The number of aromatic nitrogens is 3. The van der Waals surface area contributed by atoms with E-state index in [0.29, 0.717) is 14.1 Å². The van der Waals surface area contributed by atoms with Crippen LogP contribution in [0.3, 0.4) is 0 Å². The van der Waals surface area contributed by atoms with Crippen LogP contribution in [0.1, 0.15) is 86.0 Å². The minimum Gasteiger partial charge on any atom is -0.482 e. The molecule has 0 bridgehead atoms. The van der Waals surface area contributed by atoms with Gasteiger partial charge in [0.15, 0.2) is 11.6 Å². The molecule has 0 radical (unpaired) electrons. The van der Waals surface area contributed by atoms with Crippen LogP contribution in [-0.4, -0.2) is 44.1 Å². The van der Waals surface area contributed by atoms with Gasteiger partial charge >= 0.3 is 12.2 Å². The van der Waals surface area contributed by atoms with Crippen LogP contribution >= 0.6 is 15.9 Å². The normalized spacial score (nSPS) is 13.4. The van der Waals surface area contributed by atoms with Crippen LogP contribution in [0.4, 0.5) is 19.8 Å². The predicted molar refractivity (Wildman–Crippen MR) is 161 cm³/mol. The molecule has 12 nitrogen and oxygen atoms in total. The number of nitrogens with one attached hydrogen (secondary N) is 1. The summed E-state index contributed by atoms with van der Waals surface area (Å²) in [6, 6.07) is 7.79. The zero-order valence-electron chi connectivity index (χ0n) is 28.2. The molecular weight excluding hydrogens is 639 g/mol. The number of carbonyl (C=O) groups excluding carboxylic acids is 3. The molecule has 2 aromatic heterocycles. The lowest BCUT2D eigenvalue weighted by atomic mass is 10.0. The standard InChI is InChI=1S/C30H34BrFN6O6/c1-17(23-12-19(32)9-10-22(23)26(39)35-16-20-13-21(14-33)37(8)36-20)42-24-11-18(31)15-34-25(24)38(27(40)43-29(2,3)4)28(41)44-30(5,6)7/h9-13,15,17H,16H2,1-8H3,(H,35,39)/t17-/m1/s1/i8D3. The minimum atomic E-state index is -2.70. The third-order valence-corrected chi connectivity index (χ3v) is 5.90. The topological polar surface area (TPSA) is 149 Å². The van der Waals surface area contributed by atoms with Crippen molar-refractivity contribution in [3.63, 3.8) is 0 Å². The molecule has 0 aliphatic carbocycles. The molecule has 0 spiro atoms. The number of carbonyl (C=O) groups is 3. The maximum atomic E-state index is 14.5. The third kappa shape index (κ3) is 9.00. The average Bonchev–Trinajstić information content (AvgIpc) is 3.35. The summed E-state index contributed by atoms with van der Waals surface area (Å²) in [4.78, 5) is 44.7. The van der Waals surface area contributed by atoms with Crippen molar-refractivity contribution in [3.8, 4) is 11.8 Å². The van der Waals surface area contributed by atoms with E-state index in [9.17, 15) is 24.0 Å². The molecule has 0 aliphatic rings. The Balaban J connectivity index is 1.97. The van der Waals surface area contributed by atoms with Crippen molar-refractivity contribution in [1.82, 2.24) is 20.1 Å². The first-order valence-electron chi connectivity index (χ1n) is 14.7. The Kier molecular flexibility index (Phi) is 9.02. The third-order valence-electron chi connectivity index (χ3n) is 5.47. The van der Waals surface area contributed by atoms with Crippen molar-refractivity contribution in [2.45, 2.75) is 72.3 Å². The van der Waals surface area contributed by atoms with Gasteiger partial charge in [0.25, 0.3) is 5.91 Å². The molecule has 0 unspecified atom stereocenters. The van der Waals surface area contributed by atoms with Crippen molar-refractivity contribution >= 4 is 39.8 Å². The summed E-state index contributed by atoms with van der Waals surface area (Å²) in [5.74, 6) is -1.77. The molecule has 1 atom stereocenters. The van der Waals surface area contributed by atoms with E-state index in [1.807, 2.05) is 0 Å². The molecule has 2 heterocycles. The zero-order valence-corrected chi connectivity index (χ0v) is 26.8. The van der Waals surface area contributed by atoms with E-state index < -0.39 is 48.2 Å². The summed E-state index contributed by atoms with van der Waals surface area (Å²) in [5.41, 5.74) is -2.02. The van der Waals surface area contributed by atoms with Crippen molar-refractivity contribution in [1.29, 1.82) is 5.26 Å². The molecule has 3 rings (SSSR count). The van der Waals surface area contributed by atoms with Crippen molar-refractivity contribution in [3.05, 3.63) is 69.3 Å². The Labute approximate surface area is 267 Å². The quantitative estimate of drug-likeness (QED) is 0.303. The summed E-state index contributed by atoms with van der Waals surface area (Å²) in [6.45, 7) is 8.26. The van der Waals surface area contributed by atoms with Crippen molar-refractivity contribution < 1.29 is 37.1 Å². The predicted octanol–water partition coefficient (Wildman–Crippen LogP) is 6.33. The molecule has 0 fully saturated rings. The number of anilines is 1. The molecule has 3 aromatic rings. The second-order valence-corrected chi connectivity index (χ2v) is 12.4. The Hall–Kier alpha value is -4.51. The maximum absolute atomic E-state index is 14.5. The Morgan fingerprint density at radius 3 is 2.32 bits per heavy atom. The molecular formula is C30H34BrFN6O6. The number of benzene rings is 1. The van der Waals surface area contributed by atoms with Crippen LogP contribution < -0.4 is 15.0 Å². The largest absolute Gasteiger partial charge is 0.482 e. The van der Waals surface area contributed by atoms with Gasteiger partial charge in [-0.3, -0.25) is 9.48 Å². The van der Waals surface area contributed by atoms with E-state index in [0.717, 1.165) is 12.1 Å². The van der Waals surface area contributed by atoms with Crippen molar-refractivity contribution in [2.75, 3.05) is 4.90 Å². The van der Waals surface area contributed by atoms with Gasteiger partial charge in [0.05, 0.1) is 12.2 Å². The summed E-state index contributed by atoms with van der Waals surface area (Å²) >= 11 is 3.30. The molecule has 1 N–H and O–H groups in total. The van der Waals surface area contributed by atoms with E-state index in [2.05, 4.69) is 31.3 Å². The Morgan fingerprint density at radius 1 is 1.14 bits per heavy atom. The molecule has 0 saturated heterocycles. The molecule has 1 aromatic carbocycles. The van der Waals surface area contributed by atoms with Crippen LogP contribution in [-0.2, 0) is 23.0 Å². The molecule has 3 amide bonds. The number of halogens is 2. The second-order valence-electron chi connectivity index (χ2n) is 11.5. The zero-order chi connectivity index (χ0) is 35.5. The molecule has 0 saturated carbocycles. The fraction of sp³-hybridized carbons (Fsp3) is 0.400. The fourth-order valence-corrected chi connectivity index (χ4v) is 4.03. The highest BCUT2D eigenvalue weighted by molar-refractivity contribution is 9.10. The summed E-state index contributed by atoms with van der Waals surface area (Å²) in [5, 5.41) is 15.7. The van der Waals surface area contributed by atoms with Crippen LogP contribution in [0.2, 0.25) is 0 Å². The van der Waals surface area contributed by atoms with Crippen molar-refractivity contribution in [2.24, 2.45) is 6.98 Å². The molecule has 0 aliphatic heterocycles. The average molecular weight is 677 g/mol. The van der Waals surface area contributed by atoms with Gasteiger partial charge in [-0.25, -0.2) is 19.0 Å². The smallest absolute Gasteiger partial charge is 0.425 e. The number of ether oxygens (including phenoxy) is 3. The SMILES string of the molecule is [2H]C([2H])([2H])n1nc(CNC(=O)c2ccc(F)cc2[C@@H](C)Oc2cc(Br)cnc2N(C(=O)OC(C)(C)C)C(=O)OC(C)(C)C)cc1C#N. The van der Waals surface area contributed by atoms with Gasteiger partial charge in [-0.05, 0) is 94.7 Å². The van der Waals surface area contributed by atoms with Gasteiger partial charge in [0.1, 0.15) is 34.9 Å². The number of nitrogens with zero attached hydrogens (tertiary/aromatic N) is 5. The van der Waals surface area contributed by atoms with Gasteiger partial charge in [-0.1, -0.05) is 0 Å². The lowest BCUT2D eigenvalue weighted by molar-refractivity contribution is 0.0426. The molecule has 44 heavy (non-hydrogen) atoms. The Morgan fingerprint density at radius 2 is 1.77 bits per heavy atom. The molecule has 14 heteroatoms. The van der Waals surface area contributed by atoms with Gasteiger partial charge in [0, 0.05) is 32.9 Å². The molecule has 234 valence electrons. The highest BCUT2D eigenvalue weighted by Crippen LogP contribution is 2.35. The fourth-order valence-electron chi connectivity index (χ4n) is 3.72. The first-order chi connectivity index (χ1) is 21.6. The van der Waals surface area contributed by atoms with E-state index in [1.165, 1.54) is 31.3 Å².